The van der Waals surface area contributed by atoms with E-state index in [1.54, 1.807) is 12.1 Å². The molecule has 1 amide bonds. The van der Waals surface area contributed by atoms with Gasteiger partial charge in [-0.2, -0.15) is 4.98 Å². The minimum absolute atomic E-state index is 0.0745. The Morgan fingerprint density at radius 2 is 1.55 bits per heavy atom. The Labute approximate surface area is 183 Å². The molecule has 0 atom stereocenters. The zero-order valence-corrected chi connectivity index (χ0v) is 18.0. The molecule has 7 heteroatoms. The summed E-state index contributed by atoms with van der Waals surface area (Å²) in [6.07, 6.45) is 7.09. The molecule has 0 N–H and O–H groups in total. The third kappa shape index (κ3) is 4.36. The molecule has 3 aliphatic heterocycles. The van der Waals surface area contributed by atoms with Crippen LogP contribution in [0.3, 0.4) is 0 Å². The number of amides is 1. The van der Waals surface area contributed by atoms with E-state index in [2.05, 4.69) is 9.80 Å². The van der Waals surface area contributed by atoms with Gasteiger partial charge in [-0.1, -0.05) is 12.1 Å². The molecule has 2 aromatic rings. The Morgan fingerprint density at radius 1 is 0.871 bits per heavy atom. The molecule has 1 aromatic heterocycles. The Bertz CT molecular complexity index is 936. The molecule has 0 radical (unpaired) electrons. The molecule has 0 bridgehead atoms. The first-order chi connectivity index (χ1) is 15.2. The van der Waals surface area contributed by atoms with Gasteiger partial charge < -0.3 is 14.7 Å². The lowest BCUT2D eigenvalue weighted by Crippen LogP contribution is -2.40. The molecule has 6 nitrogen and oxygen atoms in total. The summed E-state index contributed by atoms with van der Waals surface area (Å²) in [5.41, 5.74) is 3.06. The predicted octanol–water partition coefficient (Wildman–Crippen LogP) is 3.33. The first-order valence-electron chi connectivity index (χ1n) is 11.6. The fourth-order valence-corrected chi connectivity index (χ4v) is 4.91. The SMILES string of the molecule is O=C(Cc1ccc(F)cc1)N1CCc2nc(N3CCCC3)nc(N3CCCCC3)c2C1. The number of anilines is 2. The summed E-state index contributed by atoms with van der Waals surface area (Å²) in [6.45, 7) is 5.32. The molecule has 1 aromatic carbocycles. The van der Waals surface area contributed by atoms with Gasteiger partial charge in [0.05, 0.1) is 18.7 Å². The number of hydrogen-bond acceptors (Lipinski definition) is 5. The van der Waals surface area contributed by atoms with Crippen LogP contribution in [0.2, 0.25) is 0 Å². The van der Waals surface area contributed by atoms with Crippen molar-refractivity contribution >= 4 is 17.7 Å². The first-order valence-corrected chi connectivity index (χ1v) is 11.6. The standard InChI is InChI=1S/C24H30FN5O/c25-19-8-6-18(7-9-19)16-22(31)30-15-10-21-20(17-30)23(28-11-2-1-3-12-28)27-24(26-21)29-13-4-5-14-29/h6-9H,1-5,10-17H2. The summed E-state index contributed by atoms with van der Waals surface area (Å²) < 4.78 is 13.2. The second-order valence-electron chi connectivity index (χ2n) is 8.88. The zero-order valence-electron chi connectivity index (χ0n) is 18.0. The summed E-state index contributed by atoms with van der Waals surface area (Å²) in [4.78, 5) is 29.6. The highest BCUT2D eigenvalue weighted by Gasteiger charge is 2.29. The molecule has 0 aliphatic carbocycles. The van der Waals surface area contributed by atoms with Crippen LogP contribution in [0.5, 0.6) is 0 Å². The zero-order chi connectivity index (χ0) is 21.2. The highest BCUT2D eigenvalue weighted by Crippen LogP contribution is 2.31. The van der Waals surface area contributed by atoms with Crippen molar-refractivity contribution in [1.82, 2.24) is 14.9 Å². The largest absolute Gasteiger partial charge is 0.356 e. The number of hydrogen-bond donors (Lipinski definition) is 0. The van der Waals surface area contributed by atoms with Gasteiger partial charge in [-0.05, 0) is 49.8 Å². The average Bonchev–Trinajstić information content (AvgIpc) is 3.35. The number of rotatable bonds is 4. The van der Waals surface area contributed by atoms with E-state index in [-0.39, 0.29) is 11.7 Å². The van der Waals surface area contributed by atoms with Crippen molar-refractivity contribution in [3.8, 4) is 0 Å². The molecule has 4 heterocycles. The molecule has 3 aliphatic rings. The number of fused-ring (bicyclic) bond motifs is 1. The van der Waals surface area contributed by atoms with Gasteiger partial charge in [0, 0.05) is 44.7 Å². The number of carbonyl (C=O) groups is 1. The topological polar surface area (TPSA) is 52.6 Å². The van der Waals surface area contributed by atoms with Gasteiger partial charge >= 0.3 is 0 Å². The Kier molecular flexibility index (Phi) is 5.74. The van der Waals surface area contributed by atoms with Gasteiger partial charge in [-0.3, -0.25) is 4.79 Å². The van der Waals surface area contributed by atoms with E-state index < -0.39 is 0 Å². The third-order valence-electron chi connectivity index (χ3n) is 6.69. The van der Waals surface area contributed by atoms with Gasteiger partial charge in [0.2, 0.25) is 11.9 Å². The van der Waals surface area contributed by atoms with E-state index in [1.165, 1.54) is 44.2 Å². The molecule has 164 valence electrons. The molecular weight excluding hydrogens is 393 g/mol. The van der Waals surface area contributed by atoms with Gasteiger partial charge in [0.1, 0.15) is 11.6 Å². The van der Waals surface area contributed by atoms with Crippen molar-refractivity contribution in [2.45, 2.75) is 51.5 Å². The van der Waals surface area contributed by atoms with Crippen LogP contribution in [-0.4, -0.2) is 53.5 Å². The van der Waals surface area contributed by atoms with Gasteiger partial charge in [0.15, 0.2) is 0 Å². The quantitative estimate of drug-likeness (QED) is 0.755. The maximum absolute atomic E-state index is 13.2. The normalized spacial score (nSPS) is 18.9. The highest BCUT2D eigenvalue weighted by molar-refractivity contribution is 5.79. The Morgan fingerprint density at radius 3 is 2.29 bits per heavy atom. The molecule has 0 saturated carbocycles. The van der Waals surface area contributed by atoms with Crippen LogP contribution in [0.4, 0.5) is 16.2 Å². The third-order valence-corrected chi connectivity index (χ3v) is 6.69. The van der Waals surface area contributed by atoms with Crippen LogP contribution in [-0.2, 0) is 24.2 Å². The second-order valence-corrected chi connectivity index (χ2v) is 8.88. The fraction of sp³-hybridized carbons (Fsp3) is 0.542. The summed E-state index contributed by atoms with van der Waals surface area (Å²) in [7, 11) is 0. The number of aromatic nitrogens is 2. The summed E-state index contributed by atoms with van der Waals surface area (Å²) in [5.74, 6) is 1.69. The fourth-order valence-electron chi connectivity index (χ4n) is 4.91. The number of benzene rings is 1. The van der Waals surface area contributed by atoms with Gasteiger partial charge in [-0.25, -0.2) is 9.37 Å². The van der Waals surface area contributed by atoms with Crippen LogP contribution < -0.4 is 9.80 Å². The molecular formula is C24H30FN5O. The van der Waals surface area contributed by atoms with E-state index in [1.807, 2.05) is 4.90 Å². The van der Waals surface area contributed by atoms with E-state index in [9.17, 15) is 9.18 Å². The maximum Gasteiger partial charge on any atom is 0.227 e. The number of nitrogens with zero attached hydrogens (tertiary/aromatic N) is 5. The van der Waals surface area contributed by atoms with Gasteiger partial charge in [0.25, 0.3) is 0 Å². The Hall–Kier alpha value is -2.70. The first kappa shape index (κ1) is 20.2. The van der Waals surface area contributed by atoms with Crippen molar-refractivity contribution in [2.75, 3.05) is 42.5 Å². The molecule has 2 fully saturated rings. The predicted molar refractivity (Wildman–Crippen MR) is 119 cm³/mol. The second kappa shape index (κ2) is 8.81. The van der Waals surface area contributed by atoms with Crippen LogP contribution >= 0.6 is 0 Å². The molecule has 5 rings (SSSR count). The van der Waals surface area contributed by atoms with Gasteiger partial charge in [-0.15, -0.1) is 0 Å². The van der Waals surface area contributed by atoms with Crippen molar-refractivity contribution in [2.24, 2.45) is 0 Å². The average molecular weight is 424 g/mol. The van der Waals surface area contributed by atoms with E-state index in [0.29, 0.717) is 19.5 Å². The monoisotopic (exact) mass is 423 g/mol. The minimum Gasteiger partial charge on any atom is -0.356 e. The number of halogens is 1. The summed E-state index contributed by atoms with van der Waals surface area (Å²) in [5, 5.41) is 0. The summed E-state index contributed by atoms with van der Waals surface area (Å²) in [6, 6.07) is 6.21. The number of piperidine rings is 1. The van der Waals surface area contributed by atoms with Crippen molar-refractivity contribution in [3.05, 3.63) is 46.9 Å². The molecule has 31 heavy (non-hydrogen) atoms. The lowest BCUT2D eigenvalue weighted by Gasteiger charge is -2.35. The lowest BCUT2D eigenvalue weighted by molar-refractivity contribution is -0.131. The van der Waals surface area contributed by atoms with Crippen LogP contribution in [0, 0.1) is 5.82 Å². The van der Waals surface area contributed by atoms with Crippen LogP contribution in [0.15, 0.2) is 24.3 Å². The summed E-state index contributed by atoms with van der Waals surface area (Å²) >= 11 is 0. The van der Waals surface area contributed by atoms with Crippen molar-refractivity contribution in [1.29, 1.82) is 0 Å². The van der Waals surface area contributed by atoms with E-state index in [0.717, 1.165) is 61.2 Å². The van der Waals surface area contributed by atoms with E-state index in [4.69, 9.17) is 9.97 Å². The van der Waals surface area contributed by atoms with Crippen LogP contribution in [0.25, 0.3) is 0 Å². The lowest BCUT2D eigenvalue weighted by atomic mass is 10.0. The molecule has 0 unspecified atom stereocenters. The van der Waals surface area contributed by atoms with E-state index >= 15 is 0 Å². The molecule has 2 saturated heterocycles. The minimum atomic E-state index is -0.278. The Balaban J connectivity index is 1.40. The smallest absolute Gasteiger partial charge is 0.227 e. The molecule has 0 spiro atoms. The van der Waals surface area contributed by atoms with Crippen molar-refractivity contribution < 1.29 is 9.18 Å². The highest BCUT2D eigenvalue weighted by atomic mass is 19.1. The van der Waals surface area contributed by atoms with Crippen LogP contribution in [0.1, 0.15) is 48.9 Å². The maximum atomic E-state index is 13.2. The van der Waals surface area contributed by atoms with Crippen molar-refractivity contribution in [3.63, 3.8) is 0 Å². The number of carbonyl (C=O) groups excluding carboxylic acids is 1.